The molecule has 2 N–H and O–H groups in total. The third-order valence-corrected chi connectivity index (χ3v) is 4.63. The number of carbonyl (C=O) groups is 2. The highest BCUT2D eigenvalue weighted by Crippen LogP contribution is 2.56. The van der Waals surface area contributed by atoms with Crippen LogP contribution in [-0.4, -0.2) is 45.7 Å². The first-order valence-corrected chi connectivity index (χ1v) is 6.29. The number of amides is 2. The van der Waals surface area contributed by atoms with Crippen molar-refractivity contribution in [1.29, 1.82) is 0 Å². The molecule has 1 heterocycles. The fraction of sp³-hybridized carbons (Fsp3) is 0.833. The van der Waals surface area contributed by atoms with Crippen LogP contribution in [0.25, 0.3) is 0 Å². The molecule has 0 aromatic rings. The Bertz CT molecular complexity index is 351. The van der Waals surface area contributed by atoms with E-state index in [9.17, 15) is 19.8 Å². The first-order chi connectivity index (χ1) is 8.07. The summed E-state index contributed by atoms with van der Waals surface area (Å²) in [6, 6.07) is 0. The van der Waals surface area contributed by atoms with Crippen LogP contribution in [0.15, 0.2) is 0 Å². The Kier molecular flexibility index (Phi) is 2.32. The van der Waals surface area contributed by atoms with E-state index >= 15 is 0 Å². The van der Waals surface area contributed by atoms with Gasteiger partial charge in [0, 0.05) is 18.4 Å². The number of likely N-dealkylation sites (tertiary alicyclic amines) is 1. The zero-order valence-corrected chi connectivity index (χ0v) is 9.74. The summed E-state index contributed by atoms with van der Waals surface area (Å²) in [6.07, 6.45) is -0.314. The molecule has 1 aliphatic heterocycles. The monoisotopic (exact) mass is 239 g/mol. The number of hydrogen-bond donors (Lipinski definition) is 2. The Hall–Kier alpha value is -0.940. The van der Waals surface area contributed by atoms with Gasteiger partial charge in [-0.2, -0.15) is 0 Å². The predicted molar refractivity (Wildman–Crippen MR) is 57.6 cm³/mol. The van der Waals surface area contributed by atoms with Crippen molar-refractivity contribution in [3.05, 3.63) is 0 Å². The minimum atomic E-state index is -0.834. The van der Waals surface area contributed by atoms with Crippen LogP contribution in [0.4, 0.5) is 0 Å². The van der Waals surface area contributed by atoms with E-state index in [0.717, 1.165) is 6.42 Å². The summed E-state index contributed by atoms with van der Waals surface area (Å²) >= 11 is 0. The van der Waals surface area contributed by atoms with Crippen LogP contribution in [0.2, 0.25) is 0 Å². The zero-order valence-electron chi connectivity index (χ0n) is 9.74. The highest BCUT2D eigenvalue weighted by molar-refractivity contribution is 6.06. The van der Waals surface area contributed by atoms with E-state index in [4.69, 9.17) is 0 Å². The maximum Gasteiger partial charge on any atom is 0.233 e. The van der Waals surface area contributed by atoms with Gasteiger partial charge in [-0.15, -0.1) is 0 Å². The molecule has 2 aliphatic carbocycles. The van der Waals surface area contributed by atoms with Crippen LogP contribution in [-0.2, 0) is 9.59 Å². The number of aliphatic hydroxyl groups is 2. The average molecular weight is 239 g/mol. The first-order valence-electron chi connectivity index (χ1n) is 6.29. The van der Waals surface area contributed by atoms with Crippen molar-refractivity contribution in [3.63, 3.8) is 0 Å². The van der Waals surface area contributed by atoms with Crippen molar-refractivity contribution in [1.82, 2.24) is 4.90 Å². The molecule has 2 saturated carbocycles. The van der Waals surface area contributed by atoms with Gasteiger partial charge in [0.25, 0.3) is 0 Å². The first kappa shape index (κ1) is 11.2. The highest BCUT2D eigenvalue weighted by Gasteiger charge is 2.66. The molecule has 3 aliphatic rings. The Balaban J connectivity index is 1.92. The average Bonchev–Trinajstić information content (AvgIpc) is 2.89. The second kappa shape index (κ2) is 3.53. The van der Waals surface area contributed by atoms with Gasteiger partial charge in [0.15, 0.2) is 0 Å². The number of aliphatic hydroxyl groups excluding tert-OH is 2. The van der Waals surface area contributed by atoms with Crippen molar-refractivity contribution in [2.24, 2.45) is 23.7 Å². The summed E-state index contributed by atoms with van der Waals surface area (Å²) in [4.78, 5) is 25.6. The Morgan fingerprint density at radius 1 is 1.12 bits per heavy atom. The summed E-state index contributed by atoms with van der Waals surface area (Å²) in [5.41, 5.74) is 0. The van der Waals surface area contributed by atoms with Crippen molar-refractivity contribution >= 4 is 11.8 Å². The molecule has 3 rings (SSSR count). The molecule has 94 valence electrons. The molecule has 3 fully saturated rings. The lowest BCUT2D eigenvalue weighted by molar-refractivity contribution is -0.140. The van der Waals surface area contributed by atoms with Crippen molar-refractivity contribution < 1.29 is 19.8 Å². The van der Waals surface area contributed by atoms with Crippen LogP contribution in [0.1, 0.15) is 19.8 Å². The normalized spacial score (nSPS) is 48.1. The van der Waals surface area contributed by atoms with Gasteiger partial charge in [0.1, 0.15) is 0 Å². The molecule has 2 amide bonds. The molecular weight excluding hydrogens is 222 g/mol. The number of imide groups is 1. The molecule has 2 bridgehead atoms. The smallest absolute Gasteiger partial charge is 0.233 e. The fourth-order valence-corrected chi connectivity index (χ4v) is 3.94. The number of rotatable bonds is 2. The summed E-state index contributed by atoms with van der Waals surface area (Å²) < 4.78 is 0. The third kappa shape index (κ3) is 1.21. The van der Waals surface area contributed by atoms with Crippen LogP contribution >= 0.6 is 0 Å². The van der Waals surface area contributed by atoms with E-state index in [1.807, 2.05) is 6.92 Å². The zero-order chi connectivity index (χ0) is 12.3. The second-order valence-corrected chi connectivity index (χ2v) is 5.42. The lowest BCUT2D eigenvalue weighted by Gasteiger charge is -2.29. The summed E-state index contributed by atoms with van der Waals surface area (Å²) in [5, 5.41) is 19.6. The molecule has 0 spiro atoms. The van der Waals surface area contributed by atoms with Gasteiger partial charge < -0.3 is 10.2 Å². The van der Waals surface area contributed by atoms with E-state index < -0.39 is 12.2 Å². The number of carbonyl (C=O) groups excluding carboxylic acids is 2. The lowest BCUT2D eigenvalue weighted by atomic mass is 9.78. The maximum absolute atomic E-state index is 12.1. The standard InChI is InChI=1S/C12H17NO4/c1-2-3-13-11(16)7-5-4-6(8(7)12(13)17)10(15)9(5)14/h5-10,14-15H,2-4H2,1H3/t5-,6-,7-,8+,9-,10+/m1/s1. The second-order valence-electron chi connectivity index (χ2n) is 5.42. The van der Waals surface area contributed by atoms with E-state index in [2.05, 4.69) is 0 Å². The van der Waals surface area contributed by atoms with Gasteiger partial charge in [0.2, 0.25) is 11.8 Å². The largest absolute Gasteiger partial charge is 0.390 e. The predicted octanol–water partition coefficient (Wildman–Crippen LogP) is -0.631. The Morgan fingerprint density at radius 3 is 2.00 bits per heavy atom. The van der Waals surface area contributed by atoms with Crippen molar-refractivity contribution in [2.75, 3.05) is 6.54 Å². The van der Waals surface area contributed by atoms with Crippen molar-refractivity contribution in [3.8, 4) is 0 Å². The molecule has 17 heavy (non-hydrogen) atoms. The molecule has 5 heteroatoms. The molecule has 6 atom stereocenters. The molecule has 0 radical (unpaired) electrons. The number of hydrogen-bond acceptors (Lipinski definition) is 4. The summed E-state index contributed by atoms with van der Waals surface area (Å²) in [5.74, 6) is -1.48. The van der Waals surface area contributed by atoms with Crippen LogP contribution in [0.3, 0.4) is 0 Å². The molecule has 0 aromatic carbocycles. The van der Waals surface area contributed by atoms with E-state index in [1.54, 1.807) is 0 Å². The van der Waals surface area contributed by atoms with E-state index in [-0.39, 0.29) is 35.5 Å². The van der Waals surface area contributed by atoms with Gasteiger partial charge in [-0.1, -0.05) is 6.92 Å². The van der Waals surface area contributed by atoms with Gasteiger partial charge in [-0.25, -0.2) is 0 Å². The fourth-order valence-electron chi connectivity index (χ4n) is 3.94. The van der Waals surface area contributed by atoms with Crippen LogP contribution in [0.5, 0.6) is 0 Å². The van der Waals surface area contributed by atoms with Gasteiger partial charge in [-0.05, 0) is 12.8 Å². The topological polar surface area (TPSA) is 77.8 Å². The van der Waals surface area contributed by atoms with Gasteiger partial charge in [-0.3, -0.25) is 14.5 Å². The van der Waals surface area contributed by atoms with Crippen LogP contribution in [0, 0.1) is 23.7 Å². The third-order valence-electron chi connectivity index (χ3n) is 4.63. The SMILES string of the molecule is CCCN1C(=O)[C@@H]2[C@H]3C[C@@H]([C@H](O)[C@@H]3O)[C@@H]2C1=O. The summed E-state index contributed by atoms with van der Waals surface area (Å²) in [7, 11) is 0. The molecule has 1 saturated heterocycles. The lowest BCUT2D eigenvalue weighted by Crippen LogP contribution is -2.43. The molecular formula is C12H17NO4. The van der Waals surface area contributed by atoms with Crippen LogP contribution < -0.4 is 0 Å². The Labute approximate surface area is 99.4 Å². The number of fused-ring (bicyclic) bond motifs is 5. The van der Waals surface area contributed by atoms with Crippen molar-refractivity contribution in [2.45, 2.75) is 32.0 Å². The molecule has 5 nitrogen and oxygen atoms in total. The molecule has 0 unspecified atom stereocenters. The minimum Gasteiger partial charge on any atom is -0.390 e. The van der Waals surface area contributed by atoms with Gasteiger partial charge in [0.05, 0.1) is 24.0 Å². The van der Waals surface area contributed by atoms with Gasteiger partial charge >= 0.3 is 0 Å². The quantitative estimate of drug-likeness (QED) is 0.629. The molecule has 0 aromatic heterocycles. The van der Waals surface area contributed by atoms with E-state index in [1.165, 1.54) is 4.90 Å². The minimum absolute atomic E-state index is 0.139. The number of nitrogens with zero attached hydrogens (tertiary/aromatic N) is 1. The Morgan fingerprint density at radius 2 is 1.59 bits per heavy atom. The highest BCUT2D eigenvalue weighted by atomic mass is 16.3. The van der Waals surface area contributed by atoms with E-state index in [0.29, 0.717) is 13.0 Å². The maximum atomic E-state index is 12.1. The summed E-state index contributed by atoms with van der Waals surface area (Å²) in [6.45, 7) is 2.38.